The molecule has 0 unspecified atom stereocenters. The van der Waals surface area contributed by atoms with Gasteiger partial charge in [0.25, 0.3) is 0 Å². The normalized spacial score (nSPS) is 8.43. The molecule has 0 rings (SSSR count). The predicted molar refractivity (Wildman–Crippen MR) is 29.7 cm³/mol. The minimum atomic E-state index is -4.41. The first-order valence-electron chi connectivity index (χ1n) is 2.46. The first-order valence-corrected chi connectivity index (χ1v) is 3.82. The maximum Gasteiger partial charge on any atom is 1.00 e. The van der Waals surface area contributed by atoms with Crippen LogP contribution < -0.4 is 69.3 Å². The molecule has 8 nitrogen and oxygen atoms in total. The fourth-order valence-corrected chi connectivity index (χ4v) is 0.327. The van der Waals surface area contributed by atoms with Crippen molar-refractivity contribution in [2.24, 2.45) is 0 Å². The average Bonchev–Trinajstić information content (AvgIpc) is 1.80. The summed E-state index contributed by atoms with van der Waals surface area (Å²) in [6.07, 6.45) is -2.33. The van der Waals surface area contributed by atoms with Crippen molar-refractivity contribution in [1.29, 1.82) is 0 Å². The molecule has 0 aromatic rings. The summed E-state index contributed by atoms with van der Waals surface area (Å²) in [4.78, 5) is 12.2. The van der Waals surface area contributed by atoms with Crippen molar-refractivity contribution >= 4 is 16.6 Å². The number of carbonyl (C=O) groups is 1. The second-order valence-corrected chi connectivity index (χ2v) is 2.14. The molecule has 0 fully saturated rings. The molecule has 11 heteroatoms. The number of rotatable bonds is 3. The van der Waals surface area contributed by atoms with Gasteiger partial charge in [-0.25, -0.2) is 4.89 Å². The Hall–Kier alpha value is 1.10. The van der Waals surface area contributed by atoms with Crippen molar-refractivity contribution in [3.63, 3.8) is 0 Å². The van der Waals surface area contributed by atoms with Crippen LogP contribution in [0.2, 0.25) is 0 Å². The monoisotopic (exact) mass is 248 g/mol. The van der Waals surface area contributed by atoms with Crippen molar-refractivity contribution < 1.29 is 96.3 Å². The summed E-state index contributed by atoms with van der Waals surface area (Å²) in [5.74, 6) is 0. The number of carboxylic acid groups (broad SMARTS) is 2. The minimum absolute atomic E-state index is 0. The van der Waals surface area contributed by atoms with Crippen molar-refractivity contribution in [1.82, 2.24) is 0 Å². The van der Waals surface area contributed by atoms with Gasteiger partial charge in [-0.2, -0.15) is 8.42 Å². The van der Waals surface area contributed by atoms with E-state index in [0.717, 1.165) is 0 Å². The minimum Gasteiger partial charge on any atom is -0.652 e. The van der Waals surface area contributed by atoms with Crippen molar-refractivity contribution in [3.05, 3.63) is 0 Å². The van der Waals surface area contributed by atoms with Crippen LogP contribution in [0.3, 0.4) is 0 Å². The van der Waals surface area contributed by atoms with Crippen LogP contribution in [0, 0.1) is 0 Å². The van der Waals surface area contributed by atoms with E-state index < -0.39 is 16.6 Å². The third-order valence-electron chi connectivity index (χ3n) is 0.252. The molecule has 0 bridgehead atoms. The van der Waals surface area contributed by atoms with Crippen molar-refractivity contribution in [3.8, 4) is 0 Å². The van der Waals surface area contributed by atoms with E-state index in [1.54, 1.807) is 0 Å². The Balaban J connectivity index is -0.0000000733. The zero-order valence-electron chi connectivity index (χ0n) is 7.92. The van der Waals surface area contributed by atoms with E-state index in [9.17, 15) is 8.42 Å². The molecule has 0 atom stereocenters. The van der Waals surface area contributed by atoms with E-state index >= 15 is 0 Å². The van der Waals surface area contributed by atoms with Crippen molar-refractivity contribution in [2.45, 2.75) is 6.92 Å². The molecule has 0 saturated carbocycles. The van der Waals surface area contributed by atoms with E-state index in [1.807, 2.05) is 0 Å². The maximum atomic E-state index is 9.60. The van der Waals surface area contributed by atoms with E-state index in [1.165, 1.54) is 6.92 Å². The third-order valence-corrected chi connectivity index (χ3v) is 0.520. The predicted octanol–water partition coefficient (Wildman–Crippen LogP) is -8.68. The van der Waals surface area contributed by atoms with Crippen LogP contribution in [0.4, 0.5) is 4.79 Å². The van der Waals surface area contributed by atoms with Crippen LogP contribution in [-0.2, 0) is 19.6 Å². The van der Waals surface area contributed by atoms with Crippen LogP contribution in [0.25, 0.3) is 0 Å². The molecule has 0 heterocycles. The fraction of sp³-hybridized carbons (Fsp3) is 0.667. The molecule has 1 N–H and O–H groups in total. The summed E-state index contributed by atoms with van der Waals surface area (Å²) in [6, 6.07) is 0. The zero-order valence-corrected chi connectivity index (χ0v) is 12.7. The van der Waals surface area contributed by atoms with E-state index in [0.29, 0.717) is 0 Å². The molecular weight excluding hydrogens is 242 g/mol. The van der Waals surface area contributed by atoms with E-state index in [-0.39, 0.29) is 65.7 Å². The number of hydrogen-bond donors (Lipinski definition) is 1. The summed E-state index contributed by atoms with van der Waals surface area (Å²) >= 11 is 0. The van der Waals surface area contributed by atoms with Gasteiger partial charge in [-0.15, -0.1) is 0 Å². The summed E-state index contributed by atoms with van der Waals surface area (Å²) in [5.41, 5.74) is 0. The molecule has 0 aliphatic heterocycles. The Bertz CT molecular complexity index is 209. The Morgan fingerprint density at radius 3 is 1.71 bits per heavy atom. The summed E-state index contributed by atoms with van der Waals surface area (Å²) in [6.45, 7) is 1.59. The zero-order chi connectivity index (χ0) is 10.2. The molecule has 0 aliphatic carbocycles. The van der Waals surface area contributed by atoms with Crippen LogP contribution in [0.1, 0.15) is 6.92 Å². The topological polar surface area (TPSA) is 136 Å². The van der Waals surface area contributed by atoms with Crippen molar-refractivity contribution in [2.75, 3.05) is 6.61 Å². The van der Waals surface area contributed by atoms with Gasteiger partial charge in [0.1, 0.15) is 0 Å². The van der Waals surface area contributed by atoms with Gasteiger partial charge in [0, 0.05) is 0 Å². The quantitative estimate of drug-likeness (QED) is 0.225. The van der Waals surface area contributed by atoms with Crippen LogP contribution in [-0.4, -0.2) is 25.7 Å². The van der Waals surface area contributed by atoms with Gasteiger partial charge in [-0.3, -0.25) is 4.55 Å². The fourth-order valence-electron chi connectivity index (χ4n) is 0.109. The average molecular weight is 248 g/mol. The molecular formula is C3H6Na2O8S. The molecule has 0 radical (unpaired) electrons. The Morgan fingerprint density at radius 2 is 1.64 bits per heavy atom. The van der Waals surface area contributed by atoms with Gasteiger partial charge in [-0.05, 0) is 13.1 Å². The number of hydrogen-bond acceptors (Lipinski definition) is 7. The van der Waals surface area contributed by atoms with E-state index in [2.05, 4.69) is 9.22 Å². The van der Waals surface area contributed by atoms with Crippen LogP contribution in [0.15, 0.2) is 0 Å². The van der Waals surface area contributed by atoms with E-state index in [4.69, 9.17) is 19.6 Å². The Kier molecular flexibility index (Phi) is 24.5. The Labute approximate surface area is 125 Å². The second-order valence-electron chi connectivity index (χ2n) is 1.15. The molecule has 0 aromatic heterocycles. The molecule has 0 spiro atoms. The summed E-state index contributed by atoms with van der Waals surface area (Å²) in [7, 11) is -4.41. The standard InChI is InChI=1S/C2H6O5S.CH2O3.2Na/c1-2-6-7-8(3,4)5;2-1(3)4;;/h2H2,1H3,(H,3,4,5);(H2,2,3,4);;/q;;2*+1/p-2. The SMILES string of the molecule is CCOOS(=O)(=O)O.O=C([O-])[O-].[Na+].[Na+]. The maximum absolute atomic E-state index is 9.60. The van der Waals surface area contributed by atoms with Gasteiger partial charge in [0.2, 0.25) is 0 Å². The van der Waals surface area contributed by atoms with Crippen LogP contribution >= 0.6 is 0 Å². The van der Waals surface area contributed by atoms with Crippen LogP contribution in [0.5, 0.6) is 0 Å². The summed E-state index contributed by atoms with van der Waals surface area (Å²) in [5, 5.41) is 16.7. The van der Waals surface area contributed by atoms with Gasteiger partial charge in [0.15, 0.2) is 0 Å². The molecule has 0 aliphatic rings. The molecule has 0 saturated heterocycles. The molecule has 74 valence electrons. The van der Waals surface area contributed by atoms with Gasteiger partial charge >= 0.3 is 69.5 Å². The third kappa shape index (κ3) is 51.5. The van der Waals surface area contributed by atoms with Gasteiger partial charge < -0.3 is 15.0 Å². The Morgan fingerprint density at radius 1 is 1.36 bits per heavy atom. The second kappa shape index (κ2) is 14.1. The van der Waals surface area contributed by atoms with Gasteiger partial charge in [0.05, 0.1) is 6.61 Å². The smallest absolute Gasteiger partial charge is 0.652 e. The first kappa shape index (κ1) is 24.4. The molecule has 0 aromatic carbocycles. The molecule has 14 heavy (non-hydrogen) atoms. The first-order chi connectivity index (χ1) is 5.29. The number of carbonyl (C=O) groups excluding carboxylic acids is 1. The molecule has 0 amide bonds. The summed E-state index contributed by atoms with van der Waals surface area (Å²) < 4.78 is 30.4. The largest absolute Gasteiger partial charge is 1.00 e. The van der Waals surface area contributed by atoms with Gasteiger partial charge in [-0.1, -0.05) is 4.33 Å².